The molecule has 11 heteroatoms. The van der Waals surface area contributed by atoms with Gasteiger partial charge in [-0.25, -0.2) is 13.2 Å². The molecule has 2 aromatic rings. The highest BCUT2D eigenvalue weighted by molar-refractivity contribution is 7.89. The van der Waals surface area contributed by atoms with Gasteiger partial charge in [-0.15, -0.1) is 0 Å². The minimum absolute atomic E-state index is 0.0169. The van der Waals surface area contributed by atoms with Gasteiger partial charge in [-0.05, 0) is 48.4 Å². The van der Waals surface area contributed by atoms with Crippen molar-refractivity contribution < 1.29 is 32.5 Å². The molecular formula is C29H39N3O7S. The molecule has 3 N–H and O–H groups in total. The molecule has 10 nitrogen and oxygen atoms in total. The Morgan fingerprint density at radius 1 is 1.18 bits per heavy atom. The van der Waals surface area contributed by atoms with Crippen LogP contribution >= 0.6 is 0 Å². The van der Waals surface area contributed by atoms with E-state index in [1.807, 2.05) is 50.2 Å². The number of nitrogens with zero attached hydrogens (tertiary/aromatic N) is 1. The summed E-state index contributed by atoms with van der Waals surface area (Å²) in [6.45, 7) is 5.48. The Morgan fingerprint density at radius 3 is 2.75 bits per heavy atom. The van der Waals surface area contributed by atoms with Crippen LogP contribution in [-0.4, -0.2) is 81.3 Å². The van der Waals surface area contributed by atoms with Crippen molar-refractivity contribution >= 4 is 21.8 Å². The highest BCUT2D eigenvalue weighted by Crippen LogP contribution is 2.33. The summed E-state index contributed by atoms with van der Waals surface area (Å²) in [4.78, 5) is 13.2. The van der Waals surface area contributed by atoms with Crippen LogP contribution in [0.4, 0.5) is 10.5 Å². The van der Waals surface area contributed by atoms with Gasteiger partial charge in [0.05, 0.1) is 36.2 Å². The average Bonchev–Trinajstić information content (AvgIpc) is 3.66. The van der Waals surface area contributed by atoms with Crippen LogP contribution in [0.2, 0.25) is 0 Å². The molecule has 2 saturated heterocycles. The molecule has 40 heavy (non-hydrogen) atoms. The number of carbonyl (C=O) groups is 1. The van der Waals surface area contributed by atoms with Gasteiger partial charge >= 0.3 is 6.09 Å². The van der Waals surface area contributed by atoms with E-state index in [1.165, 1.54) is 4.31 Å². The van der Waals surface area contributed by atoms with Crippen molar-refractivity contribution in [3.8, 4) is 0 Å². The lowest BCUT2D eigenvalue weighted by atomic mass is 10.0. The molecular weight excluding hydrogens is 534 g/mol. The molecule has 0 aliphatic carbocycles. The molecule has 3 heterocycles. The molecule has 0 saturated carbocycles. The largest absolute Gasteiger partial charge is 0.443 e. The number of anilines is 1. The van der Waals surface area contributed by atoms with Gasteiger partial charge in [0.1, 0.15) is 6.10 Å². The van der Waals surface area contributed by atoms with Gasteiger partial charge in [-0.1, -0.05) is 50.2 Å². The molecule has 0 unspecified atom stereocenters. The number of hydrogen-bond acceptors (Lipinski definition) is 8. The van der Waals surface area contributed by atoms with Gasteiger partial charge in [-0.2, -0.15) is 4.31 Å². The number of benzene rings is 2. The van der Waals surface area contributed by atoms with Gasteiger partial charge in [0, 0.05) is 25.3 Å². The number of aliphatic hydroxyl groups is 1. The van der Waals surface area contributed by atoms with Crippen molar-refractivity contribution in [2.75, 3.05) is 38.2 Å². The van der Waals surface area contributed by atoms with Crippen LogP contribution in [0.15, 0.2) is 53.4 Å². The third-order valence-electron chi connectivity index (χ3n) is 7.70. The van der Waals surface area contributed by atoms with E-state index in [9.17, 15) is 18.3 Å². The standard InChI is InChI=1S/C29H39N3O7S/c1-19(2)16-32(40(35,36)22-9-8-21-10-12-30-24(21)15-22)17-26(33)25(14-20-6-4-3-5-7-20)31-29(34)39-27-18-38-28-23(27)11-13-37-28/h3-9,15,19,23,25-28,30,33H,10-14,16-18H2,1-2H3,(H,31,34)/t23-,25+,26-,27+,28+/m1/s1. The fourth-order valence-corrected chi connectivity index (χ4v) is 7.26. The number of nitrogens with one attached hydrogen (secondary N) is 2. The lowest BCUT2D eigenvalue weighted by Gasteiger charge is -2.31. The average molecular weight is 574 g/mol. The van der Waals surface area contributed by atoms with Gasteiger partial charge < -0.3 is 30.0 Å². The summed E-state index contributed by atoms with van der Waals surface area (Å²) in [7, 11) is -3.92. The molecule has 0 aromatic heterocycles. The Morgan fingerprint density at radius 2 is 1.98 bits per heavy atom. The first kappa shape index (κ1) is 28.8. The summed E-state index contributed by atoms with van der Waals surface area (Å²) in [5.41, 5.74) is 2.80. The number of aliphatic hydroxyl groups excluding tert-OH is 1. The molecule has 0 bridgehead atoms. The minimum atomic E-state index is -3.92. The van der Waals surface area contributed by atoms with E-state index in [0.29, 0.717) is 13.0 Å². The fraction of sp³-hybridized carbons (Fsp3) is 0.552. The van der Waals surface area contributed by atoms with Crippen LogP contribution in [-0.2, 0) is 37.1 Å². The van der Waals surface area contributed by atoms with Crippen molar-refractivity contribution in [2.24, 2.45) is 11.8 Å². The molecule has 2 fully saturated rings. The van der Waals surface area contributed by atoms with E-state index in [2.05, 4.69) is 10.6 Å². The van der Waals surface area contributed by atoms with E-state index < -0.39 is 34.4 Å². The zero-order valence-electron chi connectivity index (χ0n) is 23.0. The predicted molar refractivity (Wildman–Crippen MR) is 149 cm³/mol. The minimum Gasteiger partial charge on any atom is -0.443 e. The highest BCUT2D eigenvalue weighted by Gasteiger charge is 2.44. The summed E-state index contributed by atoms with van der Waals surface area (Å²) < 4.78 is 45.7. The first-order valence-corrected chi connectivity index (χ1v) is 15.4. The summed E-state index contributed by atoms with van der Waals surface area (Å²) in [5, 5.41) is 17.5. The second-order valence-electron chi connectivity index (χ2n) is 11.2. The Balaban J connectivity index is 1.33. The molecule has 0 radical (unpaired) electrons. The zero-order valence-corrected chi connectivity index (χ0v) is 23.8. The number of sulfonamides is 1. The fourth-order valence-electron chi connectivity index (χ4n) is 5.62. The molecule has 1 amide bonds. The second kappa shape index (κ2) is 12.4. The van der Waals surface area contributed by atoms with Crippen LogP contribution in [0.5, 0.6) is 0 Å². The number of amides is 1. The van der Waals surface area contributed by atoms with E-state index in [0.717, 1.165) is 36.2 Å². The SMILES string of the molecule is CC(C)CN(C[C@@H](O)[C@H](Cc1ccccc1)NC(=O)O[C@H]1CO[C@@H]2OCC[C@@H]21)S(=O)(=O)c1ccc2c(c1)NCC2. The van der Waals surface area contributed by atoms with Crippen molar-refractivity contribution in [1.29, 1.82) is 0 Å². The molecule has 3 aliphatic rings. The van der Waals surface area contributed by atoms with Gasteiger partial charge in [0.25, 0.3) is 0 Å². The number of rotatable bonds is 11. The van der Waals surface area contributed by atoms with E-state index in [-0.39, 0.29) is 42.7 Å². The Bertz CT molecular complexity index is 1270. The maximum Gasteiger partial charge on any atom is 0.407 e. The van der Waals surface area contributed by atoms with Gasteiger partial charge in [-0.3, -0.25) is 0 Å². The third-order valence-corrected chi connectivity index (χ3v) is 9.53. The first-order valence-electron chi connectivity index (χ1n) is 14.0. The van der Waals surface area contributed by atoms with Crippen LogP contribution in [0.3, 0.4) is 0 Å². The lowest BCUT2D eigenvalue weighted by molar-refractivity contribution is -0.0907. The van der Waals surface area contributed by atoms with E-state index in [4.69, 9.17) is 14.2 Å². The monoisotopic (exact) mass is 573 g/mol. The molecule has 5 atom stereocenters. The van der Waals surface area contributed by atoms with Crippen molar-refractivity contribution in [3.05, 3.63) is 59.7 Å². The van der Waals surface area contributed by atoms with Gasteiger partial charge in [0.15, 0.2) is 6.29 Å². The molecule has 0 spiro atoms. The predicted octanol–water partition coefficient (Wildman–Crippen LogP) is 2.76. The number of ether oxygens (including phenoxy) is 3. The second-order valence-corrected chi connectivity index (χ2v) is 13.1. The van der Waals surface area contributed by atoms with Gasteiger partial charge in [0.2, 0.25) is 10.0 Å². The Kier molecular flexibility index (Phi) is 8.96. The van der Waals surface area contributed by atoms with Crippen molar-refractivity contribution in [3.63, 3.8) is 0 Å². The molecule has 2 aromatic carbocycles. The maximum absolute atomic E-state index is 13.8. The van der Waals surface area contributed by atoms with Crippen molar-refractivity contribution in [1.82, 2.24) is 9.62 Å². The first-order chi connectivity index (χ1) is 19.2. The summed E-state index contributed by atoms with van der Waals surface area (Å²) in [5.74, 6) is 0.000650. The molecule has 5 rings (SSSR count). The highest BCUT2D eigenvalue weighted by atomic mass is 32.2. The van der Waals surface area contributed by atoms with Crippen molar-refractivity contribution in [2.45, 2.75) is 62.5 Å². The summed E-state index contributed by atoms with van der Waals surface area (Å²) in [6.07, 6.45) is -0.764. The summed E-state index contributed by atoms with van der Waals surface area (Å²) in [6, 6.07) is 13.8. The lowest BCUT2D eigenvalue weighted by Crippen LogP contribution is -2.51. The normalized spacial score (nSPS) is 23.5. The number of hydrogen-bond donors (Lipinski definition) is 3. The summed E-state index contributed by atoms with van der Waals surface area (Å²) >= 11 is 0. The van der Waals surface area contributed by atoms with Crippen LogP contribution < -0.4 is 10.6 Å². The number of fused-ring (bicyclic) bond motifs is 2. The number of alkyl carbamates (subject to hydrolysis) is 1. The van der Waals surface area contributed by atoms with Crippen LogP contribution in [0.1, 0.15) is 31.4 Å². The van der Waals surface area contributed by atoms with Crippen LogP contribution in [0.25, 0.3) is 0 Å². The van der Waals surface area contributed by atoms with Crippen LogP contribution in [0, 0.1) is 11.8 Å². The Labute approximate surface area is 236 Å². The molecule has 218 valence electrons. The maximum atomic E-state index is 13.8. The zero-order chi connectivity index (χ0) is 28.3. The van der Waals surface area contributed by atoms with E-state index in [1.54, 1.807) is 12.1 Å². The number of carbonyl (C=O) groups excluding carboxylic acids is 1. The smallest absolute Gasteiger partial charge is 0.407 e. The molecule has 3 aliphatic heterocycles. The third kappa shape index (κ3) is 6.60. The topological polar surface area (TPSA) is 126 Å². The quantitative estimate of drug-likeness (QED) is 0.375. The Hall–Kier alpha value is -2.70. The van der Waals surface area contributed by atoms with E-state index >= 15 is 0 Å².